The maximum Gasteiger partial charge on any atom is 0.339 e. The molecule has 0 spiro atoms. The number of hydrogen-bond donors (Lipinski definition) is 1. The Hall–Kier alpha value is -1.85. The highest BCUT2D eigenvalue weighted by atomic mass is 35.5. The van der Waals surface area contributed by atoms with Gasteiger partial charge in [0, 0.05) is 16.1 Å². The SMILES string of the molecule is O=C(COC(=O)c1ccsc1)Nc1ccc(Cl)cc1. The smallest absolute Gasteiger partial charge is 0.339 e. The molecule has 0 radical (unpaired) electrons. The molecule has 0 unspecified atom stereocenters. The van der Waals surface area contributed by atoms with Crippen molar-refractivity contribution in [2.45, 2.75) is 0 Å². The van der Waals surface area contributed by atoms with E-state index in [1.807, 2.05) is 0 Å². The van der Waals surface area contributed by atoms with Crippen LogP contribution in [0.1, 0.15) is 10.4 Å². The molecule has 0 aliphatic rings. The van der Waals surface area contributed by atoms with Gasteiger partial charge in [0.15, 0.2) is 6.61 Å². The number of nitrogens with one attached hydrogen (secondary N) is 1. The first kappa shape index (κ1) is 13.6. The molecule has 4 nitrogen and oxygen atoms in total. The van der Waals surface area contributed by atoms with Crippen molar-refractivity contribution < 1.29 is 14.3 Å². The van der Waals surface area contributed by atoms with Crippen LogP contribution in [0.2, 0.25) is 5.02 Å². The number of ether oxygens (including phenoxy) is 1. The number of carbonyl (C=O) groups is 2. The van der Waals surface area contributed by atoms with E-state index in [9.17, 15) is 9.59 Å². The molecule has 2 aromatic rings. The number of anilines is 1. The van der Waals surface area contributed by atoms with Crippen LogP contribution in [-0.2, 0) is 9.53 Å². The van der Waals surface area contributed by atoms with E-state index in [0.29, 0.717) is 16.3 Å². The summed E-state index contributed by atoms with van der Waals surface area (Å²) in [5.41, 5.74) is 1.05. The van der Waals surface area contributed by atoms with Crippen LogP contribution in [0.4, 0.5) is 5.69 Å². The quantitative estimate of drug-likeness (QED) is 0.881. The zero-order chi connectivity index (χ0) is 13.7. The second-order valence-corrected chi connectivity index (χ2v) is 4.86. The van der Waals surface area contributed by atoms with E-state index in [0.717, 1.165) is 0 Å². The molecule has 2 rings (SSSR count). The van der Waals surface area contributed by atoms with Gasteiger partial charge >= 0.3 is 5.97 Å². The molecule has 6 heteroatoms. The molecular formula is C13H10ClNO3S. The Morgan fingerprint density at radius 2 is 1.95 bits per heavy atom. The first-order valence-electron chi connectivity index (χ1n) is 5.40. The van der Waals surface area contributed by atoms with Gasteiger partial charge in [-0.15, -0.1) is 0 Å². The molecule has 0 aliphatic carbocycles. The van der Waals surface area contributed by atoms with Crippen LogP contribution in [0.25, 0.3) is 0 Å². The Balaban J connectivity index is 1.82. The molecule has 0 fully saturated rings. The summed E-state index contributed by atoms with van der Waals surface area (Å²) in [6, 6.07) is 8.30. The number of esters is 1. The van der Waals surface area contributed by atoms with Gasteiger partial charge in [-0.05, 0) is 35.7 Å². The van der Waals surface area contributed by atoms with E-state index < -0.39 is 11.9 Å². The van der Waals surface area contributed by atoms with Crippen LogP contribution >= 0.6 is 22.9 Å². The van der Waals surface area contributed by atoms with E-state index in [-0.39, 0.29) is 6.61 Å². The fourth-order valence-electron chi connectivity index (χ4n) is 1.33. The average molecular weight is 296 g/mol. The van der Waals surface area contributed by atoms with E-state index in [4.69, 9.17) is 16.3 Å². The first-order valence-corrected chi connectivity index (χ1v) is 6.72. The largest absolute Gasteiger partial charge is 0.452 e. The van der Waals surface area contributed by atoms with Gasteiger partial charge in [-0.25, -0.2) is 4.79 Å². The zero-order valence-electron chi connectivity index (χ0n) is 9.76. The lowest BCUT2D eigenvalue weighted by Crippen LogP contribution is -2.20. The summed E-state index contributed by atoms with van der Waals surface area (Å²) in [6.45, 7) is -0.322. The van der Waals surface area contributed by atoms with Crippen molar-refractivity contribution in [2.24, 2.45) is 0 Å². The average Bonchev–Trinajstić information content (AvgIpc) is 2.93. The topological polar surface area (TPSA) is 55.4 Å². The van der Waals surface area contributed by atoms with E-state index >= 15 is 0 Å². The second-order valence-electron chi connectivity index (χ2n) is 3.64. The third-order valence-electron chi connectivity index (χ3n) is 2.22. The molecule has 1 amide bonds. The van der Waals surface area contributed by atoms with Crippen molar-refractivity contribution in [3.05, 3.63) is 51.7 Å². The highest BCUT2D eigenvalue weighted by Crippen LogP contribution is 2.13. The number of halogens is 1. The summed E-state index contributed by atoms with van der Waals surface area (Å²) in [5, 5.41) is 6.62. The number of carbonyl (C=O) groups excluding carboxylic acids is 2. The molecule has 19 heavy (non-hydrogen) atoms. The van der Waals surface area contributed by atoms with Crippen molar-refractivity contribution in [3.63, 3.8) is 0 Å². The van der Waals surface area contributed by atoms with Crippen molar-refractivity contribution in [1.82, 2.24) is 0 Å². The Kier molecular flexibility index (Phi) is 4.54. The molecule has 98 valence electrons. The predicted molar refractivity (Wildman–Crippen MR) is 74.7 cm³/mol. The van der Waals surface area contributed by atoms with Gasteiger partial charge in [-0.3, -0.25) is 4.79 Å². The summed E-state index contributed by atoms with van der Waals surface area (Å²) in [5.74, 6) is -0.904. The second kappa shape index (κ2) is 6.36. The normalized spacial score (nSPS) is 9.95. The van der Waals surface area contributed by atoms with Crippen LogP contribution in [0.3, 0.4) is 0 Å². The van der Waals surface area contributed by atoms with Crippen LogP contribution in [0.15, 0.2) is 41.1 Å². The highest BCUT2D eigenvalue weighted by Gasteiger charge is 2.10. The Morgan fingerprint density at radius 1 is 1.21 bits per heavy atom. The number of rotatable bonds is 4. The summed E-state index contributed by atoms with van der Waals surface area (Å²) in [4.78, 5) is 23.0. The summed E-state index contributed by atoms with van der Waals surface area (Å²) in [7, 11) is 0. The van der Waals surface area contributed by atoms with E-state index in [2.05, 4.69) is 5.32 Å². The van der Waals surface area contributed by atoms with Gasteiger partial charge in [-0.1, -0.05) is 11.6 Å². The summed E-state index contributed by atoms with van der Waals surface area (Å²) in [6.07, 6.45) is 0. The van der Waals surface area contributed by atoms with Crippen LogP contribution in [-0.4, -0.2) is 18.5 Å². The lowest BCUT2D eigenvalue weighted by atomic mass is 10.3. The zero-order valence-corrected chi connectivity index (χ0v) is 11.3. The number of amides is 1. The molecule has 0 atom stereocenters. The van der Waals surface area contributed by atoms with Gasteiger partial charge in [-0.2, -0.15) is 11.3 Å². The Labute approximate surface area is 119 Å². The third kappa shape index (κ3) is 4.08. The molecule has 1 aromatic heterocycles. The van der Waals surface area contributed by atoms with Crippen molar-refractivity contribution in [3.8, 4) is 0 Å². The summed E-state index contributed by atoms with van der Waals surface area (Å²) >= 11 is 7.12. The summed E-state index contributed by atoms with van der Waals surface area (Å²) < 4.78 is 4.87. The fraction of sp³-hybridized carbons (Fsp3) is 0.0769. The molecule has 0 saturated heterocycles. The Bertz CT molecular complexity index is 566. The van der Waals surface area contributed by atoms with Crippen LogP contribution < -0.4 is 5.32 Å². The Morgan fingerprint density at radius 3 is 2.58 bits per heavy atom. The predicted octanol–water partition coefficient (Wildman–Crippen LogP) is 3.20. The molecular weight excluding hydrogens is 286 g/mol. The number of thiophene rings is 1. The van der Waals surface area contributed by atoms with Crippen molar-refractivity contribution >= 4 is 40.5 Å². The molecule has 0 bridgehead atoms. The molecule has 1 aromatic carbocycles. The molecule has 0 aliphatic heterocycles. The van der Waals surface area contributed by atoms with Crippen molar-refractivity contribution in [2.75, 3.05) is 11.9 Å². The minimum absolute atomic E-state index is 0.322. The van der Waals surface area contributed by atoms with Gasteiger partial charge in [0.1, 0.15) is 0 Å². The molecule has 1 heterocycles. The lowest BCUT2D eigenvalue weighted by molar-refractivity contribution is -0.119. The van der Waals surface area contributed by atoms with Crippen molar-refractivity contribution in [1.29, 1.82) is 0 Å². The maximum absolute atomic E-state index is 11.6. The number of benzene rings is 1. The van der Waals surface area contributed by atoms with E-state index in [1.54, 1.807) is 41.1 Å². The third-order valence-corrected chi connectivity index (χ3v) is 3.15. The van der Waals surface area contributed by atoms with Crippen LogP contribution in [0, 0.1) is 0 Å². The minimum Gasteiger partial charge on any atom is -0.452 e. The van der Waals surface area contributed by atoms with Gasteiger partial charge in [0.25, 0.3) is 5.91 Å². The molecule has 1 N–H and O–H groups in total. The van der Waals surface area contributed by atoms with Gasteiger partial charge < -0.3 is 10.1 Å². The van der Waals surface area contributed by atoms with Gasteiger partial charge in [0.05, 0.1) is 5.56 Å². The number of hydrogen-bond acceptors (Lipinski definition) is 4. The highest BCUT2D eigenvalue weighted by molar-refractivity contribution is 7.08. The monoisotopic (exact) mass is 295 g/mol. The first-order chi connectivity index (χ1) is 9.15. The standard InChI is InChI=1S/C13H10ClNO3S/c14-10-1-3-11(4-2-10)15-12(16)7-18-13(17)9-5-6-19-8-9/h1-6,8H,7H2,(H,15,16). The van der Waals surface area contributed by atoms with E-state index in [1.165, 1.54) is 11.3 Å². The molecule has 0 saturated carbocycles. The van der Waals surface area contributed by atoms with Crippen LogP contribution in [0.5, 0.6) is 0 Å². The lowest BCUT2D eigenvalue weighted by Gasteiger charge is -2.06. The maximum atomic E-state index is 11.6. The van der Waals surface area contributed by atoms with Gasteiger partial charge in [0.2, 0.25) is 0 Å². The fourth-order valence-corrected chi connectivity index (χ4v) is 2.08. The minimum atomic E-state index is -0.507.